The lowest BCUT2D eigenvalue weighted by Gasteiger charge is -2.26. The average Bonchev–Trinajstić information content (AvgIpc) is 3.17. The minimum Gasteiger partial charge on any atom is -0.493 e. The molecule has 3 aromatic rings. The van der Waals surface area contributed by atoms with Crippen LogP contribution in [0.4, 0.5) is 10.2 Å². The van der Waals surface area contributed by atoms with Gasteiger partial charge in [-0.05, 0) is 31.0 Å². The van der Waals surface area contributed by atoms with Crippen LogP contribution in [0.15, 0.2) is 30.7 Å². The van der Waals surface area contributed by atoms with Crippen LogP contribution in [-0.2, 0) is 0 Å². The molecule has 22 heavy (non-hydrogen) atoms. The van der Waals surface area contributed by atoms with Gasteiger partial charge in [0.05, 0.1) is 18.6 Å². The second-order valence-electron chi connectivity index (χ2n) is 5.36. The third-order valence-corrected chi connectivity index (χ3v) is 4.03. The lowest BCUT2D eigenvalue weighted by Crippen LogP contribution is -2.23. The number of imidazole rings is 1. The van der Waals surface area contributed by atoms with E-state index in [4.69, 9.17) is 0 Å². The third-order valence-electron chi connectivity index (χ3n) is 4.03. The smallest absolute Gasteiger partial charge is 0.216 e. The van der Waals surface area contributed by atoms with Crippen molar-refractivity contribution < 1.29 is 9.50 Å². The van der Waals surface area contributed by atoms with Gasteiger partial charge in [0.15, 0.2) is 5.65 Å². The van der Waals surface area contributed by atoms with Gasteiger partial charge in [-0.2, -0.15) is 0 Å². The predicted molar refractivity (Wildman–Crippen MR) is 79.1 cm³/mol. The van der Waals surface area contributed by atoms with Crippen LogP contribution in [0.1, 0.15) is 24.4 Å². The van der Waals surface area contributed by atoms with Crippen LogP contribution in [0.2, 0.25) is 0 Å². The summed E-state index contributed by atoms with van der Waals surface area (Å²) in [6.45, 7) is 0.799. The molecule has 1 atom stereocenters. The van der Waals surface area contributed by atoms with Gasteiger partial charge in [0, 0.05) is 12.1 Å². The van der Waals surface area contributed by atoms with E-state index in [1.807, 2.05) is 12.1 Å². The van der Waals surface area contributed by atoms with Crippen molar-refractivity contribution in [2.45, 2.75) is 18.9 Å². The van der Waals surface area contributed by atoms with Crippen molar-refractivity contribution in [2.24, 2.45) is 0 Å². The second-order valence-corrected chi connectivity index (χ2v) is 5.36. The molecule has 1 saturated heterocycles. The van der Waals surface area contributed by atoms with Gasteiger partial charge in [0.25, 0.3) is 0 Å². The number of nitrogens with zero attached hydrogens (tertiary/aromatic N) is 4. The normalized spacial score (nSPS) is 18.2. The van der Waals surface area contributed by atoms with E-state index >= 15 is 0 Å². The lowest BCUT2D eigenvalue weighted by molar-refractivity contribution is 0.434. The minimum atomic E-state index is -0.448. The van der Waals surface area contributed by atoms with Crippen LogP contribution in [0.3, 0.4) is 0 Å². The molecule has 0 saturated carbocycles. The topological polar surface area (TPSA) is 77.9 Å². The van der Waals surface area contributed by atoms with Crippen molar-refractivity contribution in [2.75, 3.05) is 11.4 Å². The quantitative estimate of drug-likeness (QED) is 0.760. The highest BCUT2D eigenvalue weighted by atomic mass is 19.1. The number of aromatic nitrogens is 4. The van der Waals surface area contributed by atoms with Gasteiger partial charge in [0.1, 0.15) is 17.2 Å². The van der Waals surface area contributed by atoms with E-state index in [-0.39, 0.29) is 11.9 Å². The predicted octanol–water partition coefficient (Wildman–Crippen LogP) is 2.54. The molecule has 1 aliphatic heterocycles. The summed E-state index contributed by atoms with van der Waals surface area (Å²) in [4.78, 5) is 17.5. The van der Waals surface area contributed by atoms with Crippen molar-refractivity contribution in [3.63, 3.8) is 0 Å². The molecular formula is C15H14FN5O. The van der Waals surface area contributed by atoms with Crippen LogP contribution in [0.25, 0.3) is 11.2 Å². The molecule has 4 heterocycles. The van der Waals surface area contributed by atoms with Crippen LogP contribution in [0.5, 0.6) is 5.88 Å². The van der Waals surface area contributed by atoms with Crippen LogP contribution >= 0.6 is 0 Å². The fourth-order valence-electron chi connectivity index (χ4n) is 3.03. The molecule has 112 valence electrons. The molecule has 0 bridgehead atoms. The first-order valence-electron chi connectivity index (χ1n) is 7.13. The molecule has 0 aromatic carbocycles. The van der Waals surface area contributed by atoms with Crippen molar-refractivity contribution in [3.8, 4) is 5.88 Å². The van der Waals surface area contributed by atoms with E-state index in [0.29, 0.717) is 11.2 Å². The van der Waals surface area contributed by atoms with Gasteiger partial charge in [-0.25, -0.2) is 19.3 Å². The number of fused-ring (bicyclic) bond motifs is 1. The highest BCUT2D eigenvalue weighted by Gasteiger charge is 2.30. The number of aromatic hydroxyl groups is 1. The highest BCUT2D eigenvalue weighted by Crippen LogP contribution is 2.38. The van der Waals surface area contributed by atoms with E-state index in [1.165, 1.54) is 6.07 Å². The number of anilines is 1. The summed E-state index contributed by atoms with van der Waals surface area (Å²) in [5.74, 6) is 0.209. The van der Waals surface area contributed by atoms with Crippen molar-refractivity contribution in [3.05, 3.63) is 42.1 Å². The summed E-state index contributed by atoms with van der Waals surface area (Å²) in [7, 11) is 0. The maximum Gasteiger partial charge on any atom is 0.216 e. The van der Waals surface area contributed by atoms with Gasteiger partial charge >= 0.3 is 0 Å². The molecule has 1 aliphatic rings. The van der Waals surface area contributed by atoms with Crippen LogP contribution in [0, 0.1) is 5.82 Å². The zero-order chi connectivity index (χ0) is 15.1. The fourth-order valence-corrected chi connectivity index (χ4v) is 3.03. The summed E-state index contributed by atoms with van der Waals surface area (Å²) < 4.78 is 13.5. The Labute approximate surface area is 125 Å². The molecule has 1 unspecified atom stereocenters. The number of H-pyrrole nitrogens is 1. The standard InChI is InChI=1S/C15H14FN5O/c16-9-6-10(15(22)17-7-9)12-2-1-5-21(12)13-4-3-11-14(20-13)19-8-18-11/h3-4,6-8,12H,1-2,5H2,(H,17,22)(H,18,19,20). The molecule has 0 radical (unpaired) electrons. The molecule has 2 N–H and O–H groups in total. The Bertz CT molecular complexity index is 834. The Balaban J connectivity index is 1.75. The summed E-state index contributed by atoms with van der Waals surface area (Å²) in [5, 5.41) is 9.96. The Hall–Kier alpha value is -2.70. The Kier molecular flexibility index (Phi) is 2.92. The molecule has 0 aliphatic carbocycles. The summed E-state index contributed by atoms with van der Waals surface area (Å²) in [6, 6.07) is 5.01. The zero-order valence-electron chi connectivity index (χ0n) is 11.7. The monoisotopic (exact) mass is 299 g/mol. The number of rotatable bonds is 2. The molecule has 6 nitrogen and oxygen atoms in total. The minimum absolute atomic E-state index is 0.124. The molecule has 0 amide bonds. The number of pyridine rings is 2. The maximum atomic E-state index is 13.5. The van der Waals surface area contributed by atoms with E-state index in [2.05, 4.69) is 24.8 Å². The first-order chi connectivity index (χ1) is 10.7. The number of aromatic amines is 1. The molecule has 1 fully saturated rings. The first kappa shape index (κ1) is 13.0. The highest BCUT2D eigenvalue weighted by molar-refractivity contribution is 5.72. The average molecular weight is 299 g/mol. The van der Waals surface area contributed by atoms with Gasteiger partial charge in [-0.1, -0.05) is 0 Å². The van der Waals surface area contributed by atoms with Gasteiger partial charge in [0.2, 0.25) is 5.88 Å². The van der Waals surface area contributed by atoms with Gasteiger partial charge in [-0.3, -0.25) is 0 Å². The molecule has 7 heteroatoms. The van der Waals surface area contributed by atoms with Gasteiger partial charge in [-0.15, -0.1) is 0 Å². The lowest BCUT2D eigenvalue weighted by atomic mass is 10.1. The third kappa shape index (κ3) is 2.05. The van der Waals surface area contributed by atoms with E-state index in [9.17, 15) is 9.50 Å². The maximum absolute atomic E-state index is 13.5. The Morgan fingerprint density at radius 1 is 1.32 bits per heavy atom. The number of halogens is 1. The van der Waals surface area contributed by atoms with Crippen molar-refractivity contribution in [1.82, 2.24) is 19.9 Å². The Morgan fingerprint density at radius 2 is 2.23 bits per heavy atom. The fraction of sp³-hybridized carbons (Fsp3) is 0.267. The van der Waals surface area contributed by atoms with Crippen LogP contribution in [-0.4, -0.2) is 31.6 Å². The van der Waals surface area contributed by atoms with E-state index in [0.717, 1.165) is 36.9 Å². The zero-order valence-corrected chi connectivity index (χ0v) is 11.7. The van der Waals surface area contributed by atoms with Crippen molar-refractivity contribution in [1.29, 1.82) is 0 Å². The number of hydrogen-bond acceptors (Lipinski definition) is 5. The van der Waals surface area contributed by atoms with E-state index < -0.39 is 5.82 Å². The van der Waals surface area contributed by atoms with E-state index in [1.54, 1.807) is 6.33 Å². The first-order valence-corrected chi connectivity index (χ1v) is 7.13. The molecule has 0 spiro atoms. The summed E-state index contributed by atoms with van der Waals surface area (Å²) in [6.07, 6.45) is 4.39. The SMILES string of the molecule is Oc1ncc(F)cc1C1CCCN1c1ccc2nc[nH]c2n1. The molecule has 3 aromatic heterocycles. The Morgan fingerprint density at radius 3 is 3.14 bits per heavy atom. The van der Waals surface area contributed by atoms with Crippen LogP contribution < -0.4 is 4.90 Å². The summed E-state index contributed by atoms with van der Waals surface area (Å²) >= 11 is 0. The van der Waals surface area contributed by atoms with Gasteiger partial charge < -0.3 is 15.0 Å². The number of nitrogens with one attached hydrogen (secondary N) is 1. The second kappa shape index (κ2) is 4.94. The number of hydrogen-bond donors (Lipinski definition) is 2. The molecule has 4 rings (SSSR count). The molecular weight excluding hydrogens is 285 g/mol. The summed E-state index contributed by atoms with van der Waals surface area (Å²) in [5.41, 5.74) is 2.02. The largest absolute Gasteiger partial charge is 0.493 e. The van der Waals surface area contributed by atoms with Crippen molar-refractivity contribution >= 4 is 17.0 Å².